The number of amides is 3. The van der Waals surface area contributed by atoms with Crippen LogP contribution >= 0.6 is 0 Å². The molecule has 154 valence electrons. The van der Waals surface area contributed by atoms with E-state index in [0.717, 1.165) is 17.7 Å². The van der Waals surface area contributed by atoms with Crippen LogP contribution in [0.15, 0.2) is 67.0 Å². The van der Waals surface area contributed by atoms with Crippen LogP contribution in [0.4, 0.5) is 19.3 Å². The van der Waals surface area contributed by atoms with E-state index >= 15 is 0 Å². The van der Waals surface area contributed by atoms with Gasteiger partial charge >= 0.3 is 6.03 Å². The minimum atomic E-state index is -1.05. The number of rotatable bonds is 2. The number of anilines is 1. The van der Waals surface area contributed by atoms with E-state index in [0.29, 0.717) is 10.5 Å². The lowest BCUT2D eigenvalue weighted by molar-refractivity contribution is -0.120. The molecule has 3 aromatic rings. The van der Waals surface area contributed by atoms with E-state index in [1.54, 1.807) is 49.5 Å². The zero-order valence-corrected chi connectivity index (χ0v) is 16.5. The lowest BCUT2D eigenvalue weighted by Gasteiger charge is -2.39. The summed E-state index contributed by atoms with van der Waals surface area (Å²) in [6, 6.07) is 13.4. The fourth-order valence-corrected chi connectivity index (χ4v) is 3.47. The molecule has 1 aliphatic heterocycles. The highest BCUT2D eigenvalue weighted by Crippen LogP contribution is 2.33. The van der Waals surface area contributed by atoms with Gasteiger partial charge in [-0.2, -0.15) is 0 Å². The van der Waals surface area contributed by atoms with Gasteiger partial charge in [-0.05, 0) is 36.8 Å². The second-order valence-corrected chi connectivity index (χ2v) is 7.31. The molecule has 0 aliphatic carbocycles. The van der Waals surface area contributed by atoms with Gasteiger partial charge in [0, 0.05) is 23.5 Å². The molecule has 7 heteroatoms. The molecule has 1 saturated heterocycles. The first-order chi connectivity index (χ1) is 14.9. The molecular formula is C24H17F2N3O2. The van der Waals surface area contributed by atoms with Crippen molar-refractivity contribution in [2.45, 2.75) is 18.9 Å². The van der Waals surface area contributed by atoms with Crippen LogP contribution in [0.25, 0.3) is 0 Å². The summed E-state index contributed by atoms with van der Waals surface area (Å²) < 4.78 is 29.6. The predicted octanol–water partition coefficient (Wildman–Crippen LogP) is 4.12. The summed E-state index contributed by atoms with van der Waals surface area (Å²) in [4.78, 5) is 29.9. The molecular weight excluding hydrogens is 400 g/mol. The summed E-state index contributed by atoms with van der Waals surface area (Å²) >= 11 is 0. The molecule has 4 rings (SSSR count). The first-order valence-electron chi connectivity index (χ1n) is 9.49. The van der Waals surface area contributed by atoms with Crippen LogP contribution in [0.2, 0.25) is 0 Å². The van der Waals surface area contributed by atoms with Crippen molar-refractivity contribution in [1.82, 2.24) is 10.3 Å². The third-order valence-corrected chi connectivity index (χ3v) is 5.00. The lowest BCUT2D eigenvalue weighted by Crippen LogP contribution is -2.59. The number of benzene rings is 2. The summed E-state index contributed by atoms with van der Waals surface area (Å²) in [7, 11) is 0. The van der Waals surface area contributed by atoms with Crippen molar-refractivity contribution in [2.75, 3.05) is 4.90 Å². The minimum Gasteiger partial charge on any atom is -0.328 e. The van der Waals surface area contributed by atoms with Gasteiger partial charge in [-0.1, -0.05) is 42.2 Å². The molecule has 3 amide bonds. The zero-order chi connectivity index (χ0) is 22.0. The maximum Gasteiger partial charge on any atom is 0.329 e. The third-order valence-electron chi connectivity index (χ3n) is 5.00. The quantitative estimate of drug-likeness (QED) is 0.638. The molecule has 31 heavy (non-hydrogen) atoms. The summed E-state index contributed by atoms with van der Waals surface area (Å²) in [5.74, 6) is 2.60. The van der Waals surface area contributed by atoms with Crippen molar-refractivity contribution in [1.29, 1.82) is 0 Å². The molecule has 0 saturated carbocycles. The van der Waals surface area contributed by atoms with Gasteiger partial charge < -0.3 is 5.32 Å². The summed E-state index contributed by atoms with van der Waals surface area (Å²) in [6.45, 7) is 1.69. The number of hydrogen-bond donors (Lipinski definition) is 1. The highest BCUT2D eigenvalue weighted by molar-refractivity contribution is 6.16. The molecule has 1 unspecified atom stereocenters. The van der Waals surface area contributed by atoms with Crippen LogP contribution in [0, 0.1) is 23.5 Å². The topological polar surface area (TPSA) is 62.3 Å². The average Bonchev–Trinajstić information content (AvgIpc) is 2.75. The Balaban J connectivity index is 1.64. The number of halogens is 2. The van der Waals surface area contributed by atoms with E-state index < -0.39 is 34.8 Å². The molecule has 2 heterocycles. The lowest BCUT2D eigenvalue weighted by atomic mass is 9.86. The second kappa shape index (κ2) is 8.00. The number of aromatic nitrogens is 1. The second-order valence-electron chi connectivity index (χ2n) is 7.31. The Morgan fingerprint density at radius 1 is 1.00 bits per heavy atom. The molecule has 1 N–H and O–H groups in total. The van der Waals surface area contributed by atoms with Gasteiger partial charge in [-0.3, -0.25) is 9.78 Å². The molecule has 2 aromatic carbocycles. The molecule has 0 bridgehead atoms. The number of carbonyl (C=O) groups is 2. The monoisotopic (exact) mass is 417 g/mol. The smallest absolute Gasteiger partial charge is 0.328 e. The largest absolute Gasteiger partial charge is 0.329 e. The number of pyridine rings is 1. The van der Waals surface area contributed by atoms with Crippen LogP contribution in [0.1, 0.15) is 30.0 Å². The van der Waals surface area contributed by atoms with E-state index in [4.69, 9.17) is 0 Å². The first-order valence-corrected chi connectivity index (χ1v) is 9.49. The predicted molar refractivity (Wildman–Crippen MR) is 111 cm³/mol. The summed E-state index contributed by atoms with van der Waals surface area (Å²) in [5.41, 5.74) is -0.323. The van der Waals surface area contributed by atoms with Crippen molar-refractivity contribution in [2.24, 2.45) is 0 Å². The Hall–Kier alpha value is -4.05. The SMILES string of the molecule is CC1(c2ccccc2)CC(=O)N(c2c(F)cc(C#Cc3cccnc3)cc2F)C(=O)N1. The van der Waals surface area contributed by atoms with Crippen LogP contribution in [-0.4, -0.2) is 16.9 Å². The van der Waals surface area contributed by atoms with Gasteiger partial charge in [0.05, 0.1) is 12.0 Å². The van der Waals surface area contributed by atoms with Gasteiger partial charge in [0.2, 0.25) is 5.91 Å². The Labute approximate surface area is 177 Å². The van der Waals surface area contributed by atoms with Gasteiger partial charge in [0.1, 0.15) is 5.69 Å². The average molecular weight is 417 g/mol. The molecule has 1 atom stereocenters. The van der Waals surface area contributed by atoms with Gasteiger partial charge in [-0.25, -0.2) is 18.5 Å². The van der Waals surface area contributed by atoms with Crippen molar-refractivity contribution >= 4 is 17.6 Å². The van der Waals surface area contributed by atoms with E-state index in [9.17, 15) is 18.4 Å². The van der Waals surface area contributed by atoms with E-state index in [1.165, 1.54) is 6.20 Å². The number of urea groups is 1. The highest BCUT2D eigenvalue weighted by atomic mass is 19.1. The van der Waals surface area contributed by atoms with Crippen molar-refractivity contribution < 1.29 is 18.4 Å². The number of carbonyl (C=O) groups excluding carboxylic acids is 2. The fraction of sp³-hybridized carbons (Fsp3) is 0.125. The molecule has 0 spiro atoms. The van der Waals surface area contributed by atoms with Crippen LogP contribution in [-0.2, 0) is 10.3 Å². The minimum absolute atomic E-state index is 0.0709. The number of imide groups is 1. The molecule has 1 aliphatic rings. The van der Waals surface area contributed by atoms with Gasteiger partial charge in [-0.15, -0.1) is 0 Å². The maximum absolute atomic E-state index is 14.8. The van der Waals surface area contributed by atoms with Crippen molar-refractivity contribution in [3.63, 3.8) is 0 Å². The number of nitrogens with zero attached hydrogens (tertiary/aromatic N) is 2. The first kappa shape index (κ1) is 20.2. The molecule has 0 radical (unpaired) electrons. The normalized spacial score (nSPS) is 18.2. The summed E-state index contributed by atoms with van der Waals surface area (Å²) in [5, 5.41) is 2.70. The van der Waals surface area contributed by atoms with Crippen molar-refractivity contribution in [3.8, 4) is 11.8 Å². The zero-order valence-electron chi connectivity index (χ0n) is 16.5. The van der Waals surface area contributed by atoms with E-state index in [-0.39, 0.29) is 12.0 Å². The van der Waals surface area contributed by atoms with E-state index in [1.807, 2.05) is 6.07 Å². The molecule has 1 aromatic heterocycles. The Morgan fingerprint density at radius 2 is 1.68 bits per heavy atom. The number of hydrogen-bond acceptors (Lipinski definition) is 3. The van der Waals surface area contributed by atoms with Crippen LogP contribution < -0.4 is 10.2 Å². The maximum atomic E-state index is 14.8. The van der Waals surface area contributed by atoms with Crippen molar-refractivity contribution in [3.05, 3.63) is 95.3 Å². The fourth-order valence-electron chi connectivity index (χ4n) is 3.47. The molecule has 1 fully saturated rings. The molecule has 5 nitrogen and oxygen atoms in total. The van der Waals surface area contributed by atoms with Crippen LogP contribution in [0.3, 0.4) is 0 Å². The number of nitrogens with one attached hydrogen (secondary N) is 1. The third kappa shape index (κ3) is 4.01. The summed E-state index contributed by atoms with van der Waals surface area (Å²) in [6.07, 6.45) is 2.96. The standard InChI is InChI=1S/C24H17F2N3O2/c1-24(18-7-3-2-4-8-18)14-21(30)29(23(31)28-24)22-19(25)12-17(13-20(22)26)10-9-16-6-5-11-27-15-16/h2-8,11-13,15H,14H2,1H3,(H,28,31). The highest BCUT2D eigenvalue weighted by Gasteiger charge is 2.43. The Kier molecular flexibility index (Phi) is 5.22. The Morgan fingerprint density at radius 3 is 2.29 bits per heavy atom. The van der Waals surface area contributed by atoms with Crippen LogP contribution in [0.5, 0.6) is 0 Å². The Bertz CT molecular complexity index is 1180. The van der Waals surface area contributed by atoms with Gasteiger partial charge in [0.25, 0.3) is 0 Å². The van der Waals surface area contributed by atoms with Gasteiger partial charge in [0.15, 0.2) is 11.6 Å². The van der Waals surface area contributed by atoms with E-state index in [2.05, 4.69) is 22.1 Å².